The minimum atomic E-state index is -4.46. The lowest BCUT2D eigenvalue weighted by molar-refractivity contribution is -0.0533. The normalized spacial score (nSPS) is 30.4. The number of nitrogens with one attached hydrogen (secondary N) is 1. The lowest BCUT2D eigenvalue weighted by atomic mass is 9.92. The minimum absolute atomic E-state index is 0.0145. The maximum Gasteiger partial charge on any atom is 0.359 e. The first-order valence-corrected chi connectivity index (χ1v) is 11.3. The van der Waals surface area contributed by atoms with E-state index in [0.29, 0.717) is 0 Å². The number of nitrogens with zero attached hydrogens (tertiary/aromatic N) is 1. The first-order valence-electron chi connectivity index (χ1n) is 9.75. The van der Waals surface area contributed by atoms with Gasteiger partial charge in [-0.1, -0.05) is 13.8 Å². The summed E-state index contributed by atoms with van der Waals surface area (Å²) in [5.74, 6) is 0. The van der Waals surface area contributed by atoms with Crippen molar-refractivity contribution in [3.8, 4) is 0 Å². The first-order chi connectivity index (χ1) is 13.7. The van der Waals surface area contributed by atoms with E-state index in [2.05, 4.69) is 4.98 Å². The topological polar surface area (TPSA) is 171 Å². The van der Waals surface area contributed by atoms with Gasteiger partial charge in [-0.2, -0.15) is 0 Å². The van der Waals surface area contributed by atoms with Crippen LogP contribution in [0.4, 0.5) is 0 Å². The summed E-state index contributed by atoms with van der Waals surface area (Å²) in [6, 6.07) is 0. The summed E-state index contributed by atoms with van der Waals surface area (Å²) >= 11 is 0. The Morgan fingerprint density at radius 1 is 1.23 bits per heavy atom. The van der Waals surface area contributed by atoms with Crippen LogP contribution in [0.25, 0.3) is 0 Å². The molecule has 2 rings (SSSR count). The highest BCUT2D eigenvalue weighted by Gasteiger charge is 2.50. The third kappa shape index (κ3) is 4.77. The number of hydrogen-bond donors (Lipinski definition) is 5. The molecular weight excluding hydrogens is 419 g/mol. The zero-order valence-electron chi connectivity index (χ0n) is 17.7. The molecule has 0 spiro atoms. The maximum atomic E-state index is 12.6. The third-order valence-electron chi connectivity index (χ3n) is 5.81. The monoisotopic (exact) mass is 450 g/mol. The van der Waals surface area contributed by atoms with Crippen LogP contribution >= 0.6 is 7.60 Å². The second kappa shape index (κ2) is 8.66. The average molecular weight is 450 g/mol. The average Bonchev–Trinajstić information content (AvgIpc) is 2.92. The highest BCUT2D eigenvalue weighted by molar-refractivity contribution is 7.54. The molecule has 5 N–H and O–H groups in total. The number of aliphatic hydroxyl groups excluding tert-OH is 2. The SMILES string of the molecule is CC[C@](C)(C[C@H]1O[C@@H](c2cn(C)c(=O)[nH]c2=O)[C@H](O)[C@@H]1O)OP(=O)(O)[C@@](C)(O)CC. The Bertz CT molecular complexity index is 927. The van der Waals surface area contributed by atoms with Crippen molar-refractivity contribution in [2.24, 2.45) is 7.05 Å². The Kier molecular flexibility index (Phi) is 7.20. The zero-order chi connectivity index (χ0) is 23.1. The number of aromatic amines is 1. The predicted molar refractivity (Wildman–Crippen MR) is 107 cm³/mol. The van der Waals surface area contributed by atoms with E-state index in [4.69, 9.17) is 9.26 Å². The molecule has 0 bridgehead atoms. The van der Waals surface area contributed by atoms with E-state index in [1.165, 1.54) is 27.1 Å². The second-order valence-corrected chi connectivity index (χ2v) is 10.4. The molecule has 7 atom stereocenters. The Labute approximate surface area is 173 Å². The molecule has 1 fully saturated rings. The number of aromatic nitrogens is 2. The van der Waals surface area contributed by atoms with Crippen molar-refractivity contribution in [2.75, 3.05) is 0 Å². The fraction of sp³-hybridized carbons (Fsp3) is 0.778. The predicted octanol–water partition coefficient (Wildman–Crippen LogP) is 0.115. The molecule has 0 saturated carbocycles. The molecule has 0 aromatic carbocycles. The van der Waals surface area contributed by atoms with Gasteiger partial charge in [-0.3, -0.25) is 14.3 Å². The molecule has 0 amide bonds. The van der Waals surface area contributed by atoms with Crippen molar-refractivity contribution in [3.63, 3.8) is 0 Å². The van der Waals surface area contributed by atoms with E-state index in [9.17, 15) is 34.4 Å². The molecular formula is C18H31N2O9P. The van der Waals surface area contributed by atoms with Gasteiger partial charge in [0.2, 0.25) is 0 Å². The second-order valence-electron chi connectivity index (χ2n) is 8.22. The van der Waals surface area contributed by atoms with Gasteiger partial charge in [-0.05, 0) is 26.7 Å². The van der Waals surface area contributed by atoms with Gasteiger partial charge >= 0.3 is 13.3 Å². The van der Waals surface area contributed by atoms with Crippen molar-refractivity contribution in [2.45, 2.75) is 82.3 Å². The van der Waals surface area contributed by atoms with Crippen LogP contribution in [0.5, 0.6) is 0 Å². The van der Waals surface area contributed by atoms with E-state index >= 15 is 0 Å². The zero-order valence-corrected chi connectivity index (χ0v) is 18.6. The number of H-pyrrole nitrogens is 1. The molecule has 1 aromatic rings. The van der Waals surface area contributed by atoms with E-state index in [-0.39, 0.29) is 24.8 Å². The lowest BCUT2D eigenvalue weighted by Gasteiger charge is -2.37. The van der Waals surface area contributed by atoms with Gasteiger partial charge in [0.25, 0.3) is 5.56 Å². The fourth-order valence-electron chi connectivity index (χ4n) is 3.23. The number of ether oxygens (including phenoxy) is 1. The van der Waals surface area contributed by atoms with Crippen molar-refractivity contribution >= 4 is 7.60 Å². The van der Waals surface area contributed by atoms with Gasteiger partial charge in [-0.15, -0.1) is 0 Å². The van der Waals surface area contributed by atoms with Crippen LogP contribution in [-0.2, 0) is 20.9 Å². The number of hydrogen-bond acceptors (Lipinski definition) is 8. The molecule has 172 valence electrons. The molecule has 1 aliphatic heterocycles. The highest BCUT2D eigenvalue weighted by atomic mass is 31.2. The number of aryl methyl sites for hydroxylation is 1. The smallest absolute Gasteiger partial charge is 0.359 e. The molecule has 1 unspecified atom stereocenters. The number of rotatable bonds is 8. The summed E-state index contributed by atoms with van der Waals surface area (Å²) in [4.78, 5) is 36.1. The Morgan fingerprint density at radius 2 is 1.83 bits per heavy atom. The molecule has 12 heteroatoms. The van der Waals surface area contributed by atoms with Crippen LogP contribution < -0.4 is 11.2 Å². The van der Waals surface area contributed by atoms with Gasteiger partial charge in [0, 0.05) is 19.7 Å². The van der Waals surface area contributed by atoms with E-state index in [0.717, 1.165) is 4.57 Å². The van der Waals surface area contributed by atoms with Gasteiger partial charge < -0.3 is 34.0 Å². The van der Waals surface area contributed by atoms with Crippen LogP contribution in [0, 0.1) is 0 Å². The molecule has 11 nitrogen and oxygen atoms in total. The lowest BCUT2D eigenvalue weighted by Crippen LogP contribution is -2.40. The largest absolute Gasteiger partial charge is 0.388 e. The maximum absolute atomic E-state index is 12.6. The molecule has 30 heavy (non-hydrogen) atoms. The Hall–Kier alpha value is -1.33. The van der Waals surface area contributed by atoms with Crippen LogP contribution in [0.2, 0.25) is 0 Å². The number of aliphatic hydroxyl groups is 3. The van der Waals surface area contributed by atoms with Crippen LogP contribution in [0.1, 0.15) is 58.6 Å². The minimum Gasteiger partial charge on any atom is -0.388 e. The standard InChI is InChI=1S/C18H31N2O9P/c1-6-17(3,29-30(26,27)18(4,25)7-2)8-11-12(21)13(22)14(28-11)10-9-20(5)16(24)19-15(10)23/h9,11-14,21-22,25H,6-8H2,1-5H3,(H,26,27)(H,19,23,24)/t11-,12-,13-,14+,17-,18-/m1/s1. The van der Waals surface area contributed by atoms with Crippen LogP contribution in [-0.4, -0.2) is 59.0 Å². The summed E-state index contributed by atoms with van der Waals surface area (Å²) in [7, 11) is -3.04. The third-order valence-corrected chi connectivity index (χ3v) is 8.03. The summed E-state index contributed by atoms with van der Waals surface area (Å²) in [5, 5.41) is 29.2. The molecule has 0 aliphatic carbocycles. The van der Waals surface area contributed by atoms with E-state index in [1.807, 2.05) is 0 Å². The Balaban J connectivity index is 2.28. The molecule has 1 aliphatic rings. The van der Waals surface area contributed by atoms with Gasteiger partial charge in [0.1, 0.15) is 18.3 Å². The van der Waals surface area contributed by atoms with Gasteiger partial charge in [-0.25, -0.2) is 4.79 Å². The summed E-state index contributed by atoms with van der Waals surface area (Å²) in [6.45, 7) is 5.99. The quantitative estimate of drug-likeness (QED) is 0.345. The molecule has 1 saturated heterocycles. The fourth-order valence-corrected chi connectivity index (χ4v) is 4.63. The highest BCUT2D eigenvalue weighted by Crippen LogP contribution is 2.59. The van der Waals surface area contributed by atoms with Crippen molar-refractivity contribution in [1.82, 2.24) is 9.55 Å². The first kappa shape index (κ1) is 24.9. The molecule has 2 heterocycles. The molecule has 1 aromatic heterocycles. The summed E-state index contributed by atoms with van der Waals surface area (Å²) in [6.07, 6.45) is -3.75. The van der Waals surface area contributed by atoms with Gasteiger partial charge in [0.05, 0.1) is 17.3 Å². The Morgan fingerprint density at radius 3 is 2.37 bits per heavy atom. The van der Waals surface area contributed by atoms with E-state index < -0.39 is 54.2 Å². The van der Waals surface area contributed by atoms with Gasteiger partial charge in [0.15, 0.2) is 5.34 Å². The van der Waals surface area contributed by atoms with Crippen molar-refractivity contribution < 1.29 is 34.0 Å². The van der Waals surface area contributed by atoms with Crippen molar-refractivity contribution in [1.29, 1.82) is 0 Å². The molecule has 0 radical (unpaired) electrons. The van der Waals surface area contributed by atoms with Crippen molar-refractivity contribution in [3.05, 3.63) is 32.6 Å². The summed E-state index contributed by atoms with van der Waals surface area (Å²) in [5.41, 5.74) is -2.70. The summed E-state index contributed by atoms with van der Waals surface area (Å²) < 4.78 is 24.9. The van der Waals surface area contributed by atoms with E-state index in [1.54, 1.807) is 13.8 Å². The van der Waals surface area contributed by atoms with Crippen LogP contribution in [0.3, 0.4) is 0 Å². The van der Waals surface area contributed by atoms with Crippen LogP contribution in [0.15, 0.2) is 15.8 Å².